The number of aliphatic hydroxyl groups is 4. The van der Waals surface area contributed by atoms with Gasteiger partial charge in [0, 0.05) is 25.7 Å². The van der Waals surface area contributed by atoms with E-state index in [1.807, 2.05) is 25.2 Å². The van der Waals surface area contributed by atoms with Crippen molar-refractivity contribution < 1.29 is 58.8 Å². The third-order valence-electron chi connectivity index (χ3n) is 9.26. The highest BCUT2D eigenvalue weighted by Gasteiger charge is 2.46. The second-order valence-corrected chi connectivity index (χ2v) is 13.3. The number of carboxylic acids is 1. The van der Waals surface area contributed by atoms with Crippen LogP contribution in [0.3, 0.4) is 0 Å². The molecule has 4 heterocycles. The summed E-state index contributed by atoms with van der Waals surface area (Å²) in [4.78, 5) is 24.7. The van der Waals surface area contributed by atoms with Gasteiger partial charge in [-0.2, -0.15) is 0 Å². The van der Waals surface area contributed by atoms with Crippen LogP contribution in [0.15, 0.2) is 60.8 Å². The minimum absolute atomic E-state index is 0.0114. The van der Waals surface area contributed by atoms with Gasteiger partial charge >= 0.3 is 11.9 Å². The number of hydrogen-bond acceptors (Lipinski definition) is 12. The minimum atomic E-state index is -1.46. The van der Waals surface area contributed by atoms with Crippen molar-refractivity contribution >= 4 is 11.9 Å². The Morgan fingerprint density at radius 2 is 1.63 bits per heavy atom. The molecule has 4 aliphatic rings. The lowest BCUT2D eigenvalue weighted by atomic mass is 9.84. The molecule has 274 valence electrons. The molecule has 4 rings (SSSR count). The van der Waals surface area contributed by atoms with Crippen LogP contribution in [0, 0.1) is 5.92 Å². The molecule has 0 aromatic heterocycles. The van der Waals surface area contributed by atoms with E-state index in [1.54, 1.807) is 49.5 Å². The molecule has 7 N–H and O–H groups in total. The van der Waals surface area contributed by atoms with Gasteiger partial charge < -0.3 is 55.0 Å². The number of esters is 1. The van der Waals surface area contributed by atoms with Gasteiger partial charge in [0.05, 0.1) is 55.2 Å². The topological polar surface area (TPSA) is 211 Å². The number of aliphatic carboxylic acids is 1. The molecule has 0 radical (unpaired) electrons. The molecule has 9 unspecified atom stereocenters. The van der Waals surface area contributed by atoms with E-state index in [2.05, 4.69) is 0 Å². The Labute approximate surface area is 287 Å². The molecule has 0 aromatic rings. The number of carbonyl (C=O) groups excluding carboxylic acids is 1. The van der Waals surface area contributed by atoms with Crippen molar-refractivity contribution in [3.63, 3.8) is 0 Å². The van der Waals surface area contributed by atoms with Gasteiger partial charge in [-0.1, -0.05) is 74.1 Å². The van der Waals surface area contributed by atoms with Crippen LogP contribution >= 0.6 is 0 Å². The fourth-order valence-corrected chi connectivity index (χ4v) is 6.49. The van der Waals surface area contributed by atoms with E-state index in [0.717, 1.165) is 12.8 Å². The first-order valence-electron chi connectivity index (χ1n) is 17.3. The van der Waals surface area contributed by atoms with Gasteiger partial charge in [-0.3, -0.25) is 9.59 Å². The van der Waals surface area contributed by atoms with E-state index in [-0.39, 0.29) is 50.0 Å². The molecule has 14 atom stereocenters. The first-order valence-corrected chi connectivity index (χ1v) is 17.3. The third-order valence-corrected chi connectivity index (χ3v) is 9.26. The molecule has 0 aliphatic carbocycles. The molecule has 3 saturated heterocycles. The van der Waals surface area contributed by atoms with Gasteiger partial charge in [-0.15, -0.1) is 0 Å². The Morgan fingerprint density at radius 1 is 0.898 bits per heavy atom. The van der Waals surface area contributed by atoms with Crippen LogP contribution in [0.4, 0.5) is 0 Å². The number of cyclic esters (lactones) is 1. The zero-order valence-electron chi connectivity index (χ0n) is 28.2. The number of allylic oxidation sites excluding steroid dienone is 6. The summed E-state index contributed by atoms with van der Waals surface area (Å²) >= 11 is 0. The number of hydrogen-bond donors (Lipinski definition) is 6. The predicted molar refractivity (Wildman–Crippen MR) is 178 cm³/mol. The van der Waals surface area contributed by atoms with Gasteiger partial charge in [0.25, 0.3) is 0 Å². The summed E-state index contributed by atoms with van der Waals surface area (Å²) in [6.07, 6.45) is 10.5. The monoisotopic (exact) mass is 691 g/mol. The number of epoxide rings is 1. The average Bonchev–Trinajstić information content (AvgIpc) is 3.77. The second kappa shape index (κ2) is 19.0. The van der Waals surface area contributed by atoms with Gasteiger partial charge in [-0.05, 0) is 19.8 Å². The Morgan fingerprint density at radius 3 is 2.37 bits per heavy atom. The van der Waals surface area contributed by atoms with Crippen LogP contribution in [0.5, 0.6) is 0 Å². The van der Waals surface area contributed by atoms with Crippen LogP contribution in [0.25, 0.3) is 0 Å². The summed E-state index contributed by atoms with van der Waals surface area (Å²) in [6.45, 7) is 3.68. The molecule has 2 bridgehead atoms. The maximum atomic E-state index is 12.4. The third kappa shape index (κ3) is 11.9. The summed E-state index contributed by atoms with van der Waals surface area (Å²) < 4.78 is 29.4. The zero-order chi connectivity index (χ0) is 35.5. The standard InChI is InChI=1S/C36H53NO12/c1-3-12-23-13-9-7-5-4-6-8-10-14-24(48-36-34(42)33(41)32(37)21(2)45-36)20-29-31(35(43)44)26(39)19-25(46-29)17-22(38)18-28-27(49-28)15-11-16-30(40)47-23/h4-11,14-15,21-29,31-34,36,38-39,41-42H,3,12-13,16-20,37H2,1-2H3,(H,43,44)/b5-4+,8-6+,9-7-,14-10+,15-11+/t21-,22?,23?,24?,25?,26?,27?,28?,29?,31?,32-,33+,34+,36+/m1/s1. The van der Waals surface area contributed by atoms with Crippen molar-refractivity contribution in [1.82, 2.24) is 0 Å². The molecule has 4 aliphatic heterocycles. The highest BCUT2D eigenvalue weighted by atomic mass is 16.7. The van der Waals surface area contributed by atoms with Crippen molar-refractivity contribution in [2.75, 3.05) is 0 Å². The molecule has 0 spiro atoms. The maximum absolute atomic E-state index is 12.4. The molecular weight excluding hydrogens is 638 g/mol. The first kappa shape index (κ1) is 39.1. The molecule has 13 nitrogen and oxygen atoms in total. The summed E-state index contributed by atoms with van der Waals surface area (Å²) in [5, 5.41) is 53.0. The lowest BCUT2D eigenvalue weighted by Crippen LogP contribution is -2.61. The fraction of sp³-hybridized carbons (Fsp3) is 0.667. The van der Waals surface area contributed by atoms with Crippen LogP contribution in [0.1, 0.15) is 65.2 Å². The van der Waals surface area contributed by atoms with E-state index >= 15 is 0 Å². The van der Waals surface area contributed by atoms with Gasteiger partial charge in [0.1, 0.15) is 30.3 Å². The van der Waals surface area contributed by atoms with Crippen molar-refractivity contribution in [2.24, 2.45) is 11.7 Å². The SMILES string of the molecule is CCCC1C\C=C/C=C/C=C/C=C/C(O[C@@H]2O[C@H](C)[C@@H](N)[C@H](O)[C@@H]2O)CC2OC(CC(O)CC3OC3/C=C/CC(=O)O1)CC(O)C2C(=O)O. The lowest BCUT2D eigenvalue weighted by molar-refractivity contribution is -0.281. The van der Waals surface area contributed by atoms with Gasteiger partial charge in [-0.25, -0.2) is 0 Å². The largest absolute Gasteiger partial charge is 0.481 e. The maximum Gasteiger partial charge on any atom is 0.311 e. The number of rotatable bonds is 5. The quantitative estimate of drug-likeness (QED) is 0.139. The molecule has 0 amide bonds. The fourth-order valence-electron chi connectivity index (χ4n) is 6.49. The molecule has 3 fully saturated rings. The Balaban J connectivity index is 1.54. The molecular formula is C36H53NO12. The predicted octanol–water partition coefficient (Wildman–Crippen LogP) is 1.97. The number of nitrogens with two attached hydrogens (primary N) is 1. The molecule has 13 heteroatoms. The molecule has 49 heavy (non-hydrogen) atoms. The average molecular weight is 692 g/mol. The highest BCUT2D eigenvalue weighted by molar-refractivity contribution is 5.72. The van der Waals surface area contributed by atoms with E-state index < -0.39 is 73.1 Å². The van der Waals surface area contributed by atoms with Gasteiger partial charge in [0.2, 0.25) is 0 Å². The smallest absolute Gasteiger partial charge is 0.311 e. The second-order valence-electron chi connectivity index (χ2n) is 13.3. The number of fused-ring (bicyclic) bond motifs is 3. The molecule has 0 aromatic carbocycles. The van der Waals surface area contributed by atoms with Crippen molar-refractivity contribution in [3.05, 3.63) is 60.8 Å². The normalized spacial score (nSPS) is 44.5. The van der Waals surface area contributed by atoms with Crippen molar-refractivity contribution in [3.8, 4) is 0 Å². The van der Waals surface area contributed by atoms with E-state index in [1.165, 1.54) is 0 Å². The van der Waals surface area contributed by atoms with Crippen LogP contribution in [-0.4, -0.2) is 117 Å². The van der Waals surface area contributed by atoms with E-state index in [0.29, 0.717) is 12.8 Å². The van der Waals surface area contributed by atoms with E-state index in [4.69, 9.17) is 29.4 Å². The summed E-state index contributed by atoms with van der Waals surface area (Å²) in [5.41, 5.74) is 5.94. The Hall–Kier alpha value is -2.72. The van der Waals surface area contributed by atoms with E-state index in [9.17, 15) is 35.1 Å². The summed E-state index contributed by atoms with van der Waals surface area (Å²) in [7, 11) is 0. The molecule has 0 saturated carbocycles. The lowest BCUT2D eigenvalue weighted by Gasteiger charge is -2.42. The Bertz CT molecular complexity index is 1220. The number of carbonyl (C=O) groups is 2. The van der Waals surface area contributed by atoms with Crippen molar-refractivity contribution in [2.45, 2.75) is 145 Å². The summed E-state index contributed by atoms with van der Waals surface area (Å²) in [6, 6.07) is -0.833. The first-order chi connectivity index (χ1) is 23.5. The number of aliphatic hydroxyl groups excluding tert-OH is 4. The summed E-state index contributed by atoms with van der Waals surface area (Å²) in [5.74, 6) is -2.84. The number of ether oxygens (including phenoxy) is 5. The zero-order valence-corrected chi connectivity index (χ0v) is 28.2. The highest BCUT2D eigenvalue weighted by Crippen LogP contribution is 2.35. The van der Waals surface area contributed by atoms with Crippen molar-refractivity contribution in [1.29, 1.82) is 0 Å². The van der Waals surface area contributed by atoms with Crippen LogP contribution < -0.4 is 5.73 Å². The Kier molecular flexibility index (Phi) is 15.2. The minimum Gasteiger partial charge on any atom is -0.481 e. The van der Waals surface area contributed by atoms with Gasteiger partial charge in [0.15, 0.2) is 6.29 Å². The van der Waals surface area contributed by atoms with Crippen LogP contribution in [0.2, 0.25) is 0 Å². The number of carboxylic acid groups (broad SMARTS) is 1. The van der Waals surface area contributed by atoms with Crippen LogP contribution in [-0.2, 0) is 33.3 Å².